The quantitative estimate of drug-likeness (QED) is 0.192. The Balaban J connectivity index is 1.15. The van der Waals surface area contributed by atoms with Gasteiger partial charge in [-0.3, -0.25) is 33.6 Å². The third-order valence-electron chi connectivity index (χ3n) is 8.94. The van der Waals surface area contributed by atoms with Crippen molar-refractivity contribution < 1.29 is 43.3 Å². The fourth-order valence-electron chi connectivity index (χ4n) is 6.50. The first-order chi connectivity index (χ1) is 23.8. The second-order valence-electron chi connectivity index (χ2n) is 12.9. The van der Waals surface area contributed by atoms with Gasteiger partial charge in [0.05, 0.1) is 11.0 Å². The van der Waals surface area contributed by atoms with Crippen LogP contribution in [0.5, 0.6) is 0 Å². The van der Waals surface area contributed by atoms with E-state index in [4.69, 9.17) is 0 Å². The van der Waals surface area contributed by atoms with E-state index in [0.717, 1.165) is 31.2 Å². The SMILES string of the molecule is CC(=O)N1CC(=O)N2C(C)C(=O)N3CC(=O)N(CC(=O)Nc4ccc(CCC(=O)NC(C(=O)NC(C=O)Cc5ccccc5)C(C)C)cc4)[N+]132. The Morgan fingerprint density at radius 1 is 0.900 bits per heavy atom. The van der Waals surface area contributed by atoms with Crippen molar-refractivity contribution >= 4 is 53.3 Å². The topological polar surface area (TPSA) is 186 Å². The van der Waals surface area contributed by atoms with Crippen LogP contribution >= 0.6 is 0 Å². The van der Waals surface area contributed by atoms with Crippen LogP contribution in [-0.4, -0.2) is 110 Å². The zero-order chi connectivity index (χ0) is 36.3. The molecule has 264 valence electrons. The number of hydrogen-bond donors (Lipinski definition) is 3. The van der Waals surface area contributed by atoms with Crippen molar-refractivity contribution in [2.45, 2.75) is 65.1 Å². The lowest BCUT2D eigenvalue weighted by Gasteiger charge is -2.40. The lowest BCUT2D eigenvalue weighted by Crippen LogP contribution is -2.72. The van der Waals surface area contributed by atoms with E-state index in [1.807, 2.05) is 30.3 Å². The van der Waals surface area contributed by atoms with E-state index in [9.17, 15) is 38.4 Å². The van der Waals surface area contributed by atoms with Crippen LogP contribution in [0.2, 0.25) is 0 Å². The maximum absolute atomic E-state index is 13.2. The summed E-state index contributed by atoms with van der Waals surface area (Å²) in [5.41, 5.74) is 2.07. The molecule has 4 atom stereocenters. The second kappa shape index (κ2) is 14.5. The highest BCUT2D eigenvalue weighted by molar-refractivity contribution is 5.98. The molecule has 3 saturated heterocycles. The van der Waals surface area contributed by atoms with E-state index in [-0.39, 0.29) is 24.8 Å². The third-order valence-corrected chi connectivity index (χ3v) is 8.94. The summed E-state index contributed by atoms with van der Waals surface area (Å²) in [6.45, 7) is 5.03. The molecule has 0 aromatic heterocycles. The standard InChI is InChI=1S/C34H40N8O8/c1-21(2)32(33(49)36-27(20-43)16-25-8-6-5-7-9-25)37-28(45)15-12-24-10-13-26(14-11-24)35-29(46)17-39-30(47)18-40-34(50)22(3)41-31(48)19-38(23(4)44)42(39,40)41/h5-11,13-14,20-22,27,32H,12,15-19H2,1-4H3,(H2-,35,36,37,45,46,49)/p+1. The zero-order valence-electron chi connectivity index (χ0n) is 28.3. The average Bonchev–Trinajstić information content (AvgIpc) is 3.62. The molecular formula is C34H41N8O8+. The Labute approximate surface area is 288 Å². The Kier molecular flexibility index (Phi) is 10.3. The number of benzene rings is 2. The van der Waals surface area contributed by atoms with Gasteiger partial charge >= 0.3 is 17.7 Å². The van der Waals surface area contributed by atoms with Gasteiger partial charge < -0.3 is 20.7 Å². The number of aldehydes is 1. The molecule has 2 aromatic carbocycles. The predicted octanol–water partition coefficient (Wildman–Crippen LogP) is -0.135. The molecule has 0 radical (unpaired) electrons. The molecule has 0 aliphatic carbocycles. The Hall–Kier alpha value is -5.64. The minimum absolute atomic E-state index is 0.0793. The molecule has 5 rings (SSSR count). The molecule has 0 bridgehead atoms. The molecular weight excluding hydrogens is 648 g/mol. The molecule has 2 aromatic rings. The zero-order valence-corrected chi connectivity index (χ0v) is 28.3. The van der Waals surface area contributed by atoms with Gasteiger partial charge in [0, 0.05) is 19.0 Å². The molecule has 1 spiro atoms. The maximum atomic E-state index is 13.2. The Morgan fingerprint density at radius 2 is 1.58 bits per heavy atom. The number of nitrogens with zero attached hydrogens (tertiary/aromatic N) is 5. The minimum atomic E-state index is -0.937. The summed E-state index contributed by atoms with van der Waals surface area (Å²) >= 11 is 0. The van der Waals surface area contributed by atoms with Gasteiger partial charge in [0.2, 0.25) is 17.7 Å². The Bertz CT molecular complexity index is 1700. The van der Waals surface area contributed by atoms with Gasteiger partial charge in [0.15, 0.2) is 25.7 Å². The summed E-state index contributed by atoms with van der Waals surface area (Å²) in [5.74, 6) is -3.84. The van der Waals surface area contributed by atoms with Gasteiger partial charge in [-0.05, 0) is 48.9 Å². The van der Waals surface area contributed by atoms with Crippen molar-refractivity contribution in [2.75, 3.05) is 25.0 Å². The summed E-state index contributed by atoms with van der Waals surface area (Å²) in [4.78, 5) is 101. The number of anilines is 1. The molecule has 16 nitrogen and oxygen atoms in total. The van der Waals surface area contributed by atoms with Crippen molar-refractivity contribution in [3.05, 3.63) is 65.7 Å². The van der Waals surface area contributed by atoms with Crippen LogP contribution in [0.15, 0.2) is 54.6 Å². The molecule has 3 aliphatic rings. The number of carbonyl (C=O) groups excluding carboxylic acids is 8. The van der Waals surface area contributed by atoms with E-state index < -0.39 is 71.6 Å². The number of amides is 7. The normalized spacial score (nSPS) is 20.8. The predicted molar refractivity (Wildman–Crippen MR) is 176 cm³/mol. The number of carbonyl (C=O) groups is 8. The van der Waals surface area contributed by atoms with Crippen LogP contribution in [0, 0.1) is 5.92 Å². The van der Waals surface area contributed by atoms with Crippen LogP contribution in [0.1, 0.15) is 45.2 Å². The average molecular weight is 690 g/mol. The smallest absolute Gasteiger partial charge is 0.303 e. The lowest BCUT2D eigenvalue weighted by atomic mass is 10.0. The monoisotopic (exact) mass is 689 g/mol. The number of hydrogen-bond acceptors (Lipinski definition) is 8. The van der Waals surface area contributed by atoms with Gasteiger partial charge in [-0.25, -0.2) is 0 Å². The molecule has 3 aliphatic heterocycles. The number of aryl methyl sites for hydroxylation is 1. The summed E-state index contributed by atoms with van der Waals surface area (Å²) in [5, 5.41) is 12.6. The number of nitrogens with one attached hydrogen (secondary N) is 3. The van der Waals surface area contributed by atoms with Crippen LogP contribution in [-0.2, 0) is 51.2 Å². The molecule has 3 N–H and O–H groups in total. The van der Waals surface area contributed by atoms with Gasteiger partial charge in [0.1, 0.15) is 12.3 Å². The first-order valence-electron chi connectivity index (χ1n) is 16.4. The summed E-state index contributed by atoms with van der Waals surface area (Å²) < 4.78 is 0. The summed E-state index contributed by atoms with van der Waals surface area (Å²) in [7, 11) is 0. The van der Waals surface area contributed by atoms with Gasteiger partial charge in [0.25, 0.3) is 5.91 Å². The van der Waals surface area contributed by atoms with Gasteiger partial charge in [-0.15, -0.1) is 15.0 Å². The second-order valence-corrected chi connectivity index (χ2v) is 12.9. The van der Waals surface area contributed by atoms with Crippen LogP contribution in [0.3, 0.4) is 0 Å². The largest absolute Gasteiger partial charge is 0.344 e. The number of rotatable bonds is 13. The fourth-order valence-corrected chi connectivity index (χ4v) is 6.50. The molecule has 16 heteroatoms. The third kappa shape index (κ3) is 6.78. The van der Waals surface area contributed by atoms with Gasteiger partial charge in [-0.1, -0.05) is 61.3 Å². The van der Waals surface area contributed by atoms with E-state index in [1.165, 1.54) is 13.8 Å². The summed E-state index contributed by atoms with van der Waals surface area (Å²) in [6.07, 6.45) is 1.43. The van der Waals surface area contributed by atoms with E-state index >= 15 is 0 Å². The minimum Gasteiger partial charge on any atom is -0.344 e. The highest BCUT2D eigenvalue weighted by Crippen LogP contribution is 2.42. The lowest BCUT2D eigenvalue weighted by molar-refractivity contribution is -1.23. The van der Waals surface area contributed by atoms with Crippen LogP contribution in [0.25, 0.3) is 0 Å². The van der Waals surface area contributed by atoms with E-state index in [0.29, 0.717) is 24.8 Å². The molecule has 4 unspecified atom stereocenters. The van der Waals surface area contributed by atoms with Crippen LogP contribution in [0.4, 0.5) is 5.69 Å². The molecule has 7 amide bonds. The fraction of sp³-hybridized carbons (Fsp3) is 0.412. The Morgan fingerprint density at radius 3 is 2.20 bits per heavy atom. The van der Waals surface area contributed by atoms with Gasteiger partial charge in [-0.2, -0.15) is 0 Å². The number of quaternary nitrogens is 1. The molecule has 50 heavy (non-hydrogen) atoms. The van der Waals surface area contributed by atoms with Crippen molar-refractivity contribution in [3.63, 3.8) is 0 Å². The molecule has 0 saturated carbocycles. The van der Waals surface area contributed by atoms with E-state index in [1.54, 1.807) is 38.1 Å². The first kappa shape index (κ1) is 35.7. The maximum Gasteiger partial charge on any atom is 0.303 e. The van der Waals surface area contributed by atoms with Crippen molar-refractivity contribution in [2.24, 2.45) is 5.92 Å². The van der Waals surface area contributed by atoms with Crippen molar-refractivity contribution in [3.8, 4) is 0 Å². The van der Waals surface area contributed by atoms with E-state index in [2.05, 4.69) is 16.0 Å². The highest BCUT2D eigenvalue weighted by Gasteiger charge is 2.77. The molecule has 3 fully saturated rings. The van der Waals surface area contributed by atoms with Crippen molar-refractivity contribution in [1.29, 1.82) is 0 Å². The van der Waals surface area contributed by atoms with Crippen molar-refractivity contribution in [1.82, 2.24) is 30.7 Å². The van der Waals surface area contributed by atoms with Crippen LogP contribution < -0.4 is 16.0 Å². The summed E-state index contributed by atoms with van der Waals surface area (Å²) in [6, 6.07) is 13.5. The highest BCUT2D eigenvalue weighted by atomic mass is 16.4. The first-order valence-corrected chi connectivity index (χ1v) is 16.4. The molecule has 3 heterocycles.